The maximum absolute atomic E-state index is 12.6. The normalized spacial score (nSPS) is 18.0. The standard InChI is InChI=1S/C46H48N2O16S4/c1-6-29-32-17-16-30-33(23-27(65(52,53)54)25-37(30)67(58,59)60)43(32)45(2,3)35(29)13-9-7-10-14-39-46(4,5)44-34-24-28(66(55,56)57)26-38(68(61,62)63)31(34)18-19-36(44)47(39)22-12-8-11-15-42(51)64-48-40(49)20-21-41(48)50/h7,9-10,13-14,16-19,23-26H,6,8,11-12,15,20-22H2,1-5H3,(H,52,53,54)(H,55,56,57)(H,58,59,60)(H,61,62,63)/b10-7+,13-9+,39-14+. The number of carbonyl (C=O) groups is 3. The van der Waals surface area contributed by atoms with E-state index in [2.05, 4.69) is 0 Å². The van der Waals surface area contributed by atoms with Crippen molar-refractivity contribution in [2.24, 2.45) is 0 Å². The van der Waals surface area contributed by atoms with E-state index in [4.69, 9.17) is 4.84 Å². The highest BCUT2D eigenvalue weighted by molar-refractivity contribution is 7.87. The van der Waals surface area contributed by atoms with E-state index in [9.17, 15) is 66.3 Å². The summed E-state index contributed by atoms with van der Waals surface area (Å²) in [5.41, 5.74) is 2.92. The summed E-state index contributed by atoms with van der Waals surface area (Å²) in [5.74, 6) is -1.93. The van der Waals surface area contributed by atoms with Crippen molar-refractivity contribution in [3.05, 3.63) is 107 Å². The largest absolute Gasteiger partial charge is 0.344 e. The summed E-state index contributed by atoms with van der Waals surface area (Å²) < 4.78 is 140. The Morgan fingerprint density at radius 1 is 0.662 bits per heavy atom. The van der Waals surface area contributed by atoms with Crippen molar-refractivity contribution in [2.45, 2.75) is 110 Å². The molecule has 0 unspecified atom stereocenters. The van der Waals surface area contributed by atoms with Gasteiger partial charge in [-0.05, 0) is 94.3 Å². The Morgan fingerprint density at radius 2 is 1.21 bits per heavy atom. The van der Waals surface area contributed by atoms with E-state index < -0.39 is 88.7 Å². The van der Waals surface area contributed by atoms with Gasteiger partial charge in [-0.2, -0.15) is 33.7 Å². The predicted octanol–water partition coefficient (Wildman–Crippen LogP) is 7.40. The van der Waals surface area contributed by atoms with E-state index >= 15 is 0 Å². The molecule has 2 amide bonds. The van der Waals surface area contributed by atoms with Crippen LogP contribution in [0.4, 0.5) is 5.69 Å². The van der Waals surface area contributed by atoms with Gasteiger partial charge in [0.05, 0.1) is 9.79 Å². The van der Waals surface area contributed by atoms with Crippen LogP contribution in [0.2, 0.25) is 0 Å². The summed E-state index contributed by atoms with van der Waals surface area (Å²) in [6.07, 6.45) is 10.6. The van der Waals surface area contributed by atoms with E-state index in [-0.39, 0.29) is 40.8 Å². The molecule has 0 bridgehead atoms. The third kappa shape index (κ3) is 9.30. The lowest BCUT2D eigenvalue weighted by molar-refractivity contribution is -0.197. The molecule has 7 rings (SSSR count). The fourth-order valence-corrected chi connectivity index (χ4v) is 12.3. The molecule has 0 radical (unpaired) electrons. The van der Waals surface area contributed by atoms with E-state index in [0.717, 1.165) is 22.8 Å². The lowest BCUT2D eigenvalue weighted by atomic mass is 9.79. The lowest BCUT2D eigenvalue weighted by Crippen LogP contribution is -2.32. The minimum atomic E-state index is -4.99. The lowest BCUT2D eigenvalue weighted by Gasteiger charge is -2.27. The molecular weight excluding hydrogens is 965 g/mol. The molecule has 4 N–H and O–H groups in total. The summed E-state index contributed by atoms with van der Waals surface area (Å²) in [5, 5.41) is 0.915. The Labute approximate surface area is 393 Å². The first-order valence-corrected chi connectivity index (χ1v) is 27.0. The fraction of sp³-hybridized carbons (Fsp3) is 0.326. The Balaban J connectivity index is 1.24. The van der Waals surface area contributed by atoms with Crippen LogP contribution in [0.5, 0.6) is 0 Å². The molecule has 68 heavy (non-hydrogen) atoms. The van der Waals surface area contributed by atoms with E-state index in [0.29, 0.717) is 71.9 Å². The van der Waals surface area contributed by atoms with Crippen molar-refractivity contribution < 1.29 is 71.1 Å². The average molecular weight is 1010 g/mol. The zero-order valence-electron chi connectivity index (χ0n) is 37.4. The highest BCUT2D eigenvalue weighted by atomic mass is 32.2. The number of benzene rings is 4. The van der Waals surface area contributed by atoms with Crippen molar-refractivity contribution in [1.82, 2.24) is 5.06 Å². The van der Waals surface area contributed by atoms with Gasteiger partial charge in [-0.1, -0.05) is 83.5 Å². The SMILES string of the molecule is CCC1=C(/C=C/C=C/C=C2/N(CCCCCC(=O)ON3C(=O)CCC3=O)c3ccc4c(S(=O)(=O)O)cc(S(=O)(=O)O)cc4c3C2(C)C)C(C)(C)c2c1ccc1c(S(=O)(=O)O)cc(S(=O)(=O)O)cc21. The number of amides is 2. The quantitative estimate of drug-likeness (QED) is 0.0390. The molecule has 362 valence electrons. The summed E-state index contributed by atoms with van der Waals surface area (Å²) in [4.78, 5) is 40.4. The van der Waals surface area contributed by atoms with Crippen LogP contribution in [0, 0.1) is 0 Å². The smallest absolute Gasteiger partial charge is 0.333 e. The number of unbranched alkanes of at least 4 members (excludes halogenated alkanes) is 2. The maximum atomic E-state index is 12.6. The van der Waals surface area contributed by atoms with Crippen LogP contribution in [0.3, 0.4) is 0 Å². The van der Waals surface area contributed by atoms with Crippen molar-refractivity contribution in [2.75, 3.05) is 11.4 Å². The molecule has 1 fully saturated rings. The van der Waals surface area contributed by atoms with Gasteiger partial charge in [0.2, 0.25) is 0 Å². The highest BCUT2D eigenvalue weighted by Gasteiger charge is 2.42. The molecule has 1 saturated heterocycles. The van der Waals surface area contributed by atoms with Crippen LogP contribution < -0.4 is 4.90 Å². The van der Waals surface area contributed by atoms with Gasteiger partial charge in [0.25, 0.3) is 52.3 Å². The summed E-state index contributed by atoms with van der Waals surface area (Å²) in [6, 6.07) is 10.0. The maximum Gasteiger partial charge on any atom is 0.333 e. The van der Waals surface area contributed by atoms with Gasteiger partial charge in [-0.25, -0.2) is 4.79 Å². The van der Waals surface area contributed by atoms with Gasteiger partial charge in [-0.3, -0.25) is 27.8 Å². The molecule has 2 heterocycles. The summed E-state index contributed by atoms with van der Waals surface area (Å²) in [7, 11) is -19.8. The number of carbonyl (C=O) groups excluding carboxylic acids is 3. The monoisotopic (exact) mass is 1010 g/mol. The van der Waals surface area contributed by atoms with E-state index in [1.165, 1.54) is 18.2 Å². The Morgan fingerprint density at radius 3 is 1.74 bits per heavy atom. The number of fused-ring (bicyclic) bond motifs is 6. The molecule has 0 atom stereocenters. The third-order valence-electron chi connectivity index (χ3n) is 12.6. The number of anilines is 1. The molecular formula is C46H48N2O16S4. The zero-order chi connectivity index (χ0) is 50.1. The van der Waals surface area contributed by atoms with Crippen LogP contribution in [0.15, 0.2) is 110 Å². The molecule has 3 aliphatic rings. The number of nitrogens with zero attached hydrogens (tertiary/aromatic N) is 2. The molecule has 0 spiro atoms. The van der Waals surface area contributed by atoms with Gasteiger partial charge < -0.3 is 9.74 Å². The molecule has 22 heteroatoms. The van der Waals surface area contributed by atoms with E-state index in [1.54, 1.807) is 30.4 Å². The highest BCUT2D eigenvalue weighted by Crippen LogP contribution is 2.53. The Kier molecular flexibility index (Phi) is 13.1. The Hall–Kier alpha value is -5.59. The first kappa shape index (κ1) is 50.3. The fourth-order valence-electron chi connectivity index (χ4n) is 9.64. The second-order valence-electron chi connectivity index (χ2n) is 17.7. The van der Waals surface area contributed by atoms with Crippen LogP contribution in [0.25, 0.3) is 27.1 Å². The average Bonchev–Trinajstić information content (AvgIpc) is 3.75. The number of imide groups is 1. The van der Waals surface area contributed by atoms with Crippen molar-refractivity contribution >= 4 is 91.1 Å². The van der Waals surface area contributed by atoms with Gasteiger partial charge >= 0.3 is 5.97 Å². The van der Waals surface area contributed by atoms with Crippen molar-refractivity contribution in [3.63, 3.8) is 0 Å². The van der Waals surface area contributed by atoms with Crippen LogP contribution >= 0.6 is 0 Å². The number of hydrogen-bond acceptors (Lipinski definition) is 13. The molecule has 4 aromatic carbocycles. The summed E-state index contributed by atoms with van der Waals surface area (Å²) in [6.45, 7) is 9.71. The van der Waals surface area contributed by atoms with Crippen LogP contribution in [0.1, 0.15) is 96.3 Å². The minimum absolute atomic E-state index is 0.0104. The van der Waals surface area contributed by atoms with Gasteiger partial charge in [0.1, 0.15) is 9.79 Å². The molecule has 1 aliphatic carbocycles. The number of rotatable bonds is 15. The molecule has 0 saturated carbocycles. The topological polar surface area (TPSA) is 284 Å². The number of hydrogen-bond donors (Lipinski definition) is 4. The van der Waals surface area contributed by atoms with Crippen LogP contribution in [-0.2, 0) is 70.5 Å². The number of hydroxylamine groups is 2. The third-order valence-corrected chi connectivity index (χ3v) is 16.1. The predicted molar refractivity (Wildman–Crippen MR) is 250 cm³/mol. The zero-order valence-corrected chi connectivity index (χ0v) is 40.6. The van der Waals surface area contributed by atoms with Gasteiger partial charge in [0, 0.05) is 58.8 Å². The van der Waals surface area contributed by atoms with Gasteiger partial charge in [0.15, 0.2) is 0 Å². The van der Waals surface area contributed by atoms with Crippen molar-refractivity contribution in [1.29, 1.82) is 0 Å². The van der Waals surface area contributed by atoms with E-state index in [1.807, 2.05) is 51.7 Å². The van der Waals surface area contributed by atoms with Crippen molar-refractivity contribution in [3.8, 4) is 0 Å². The number of allylic oxidation sites excluding steroid dienone is 8. The molecule has 0 aromatic heterocycles. The minimum Gasteiger partial charge on any atom is -0.344 e. The molecule has 2 aliphatic heterocycles. The summed E-state index contributed by atoms with van der Waals surface area (Å²) >= 11 is 0. The van der Waals surface area contributed by atoms with Gasteiger partial charge in [-0.15, -0.1) is 5.06 Å². The second-order valence-corrected chi connectivity index (χ2v) is 23.3. The van der Waals surface area contributed by atoms with Crippen LogP contribution in [-0.4, -0.2) is 81.3 Å². The Bertz CT molecular complexity index is 3440. The first-order valence-electron chi connectivity index (χ1n) is 21.3. The first-order chi connectivity index (χ1) is 31.5. The molecule has 4 aromatic rings. The second kappa shape index (κ2) is 17.7. The molecule has 18 nitrogen and oxygen atoms in total.